The first kappa shape index (κ1) is 11.6. The summed E-state index contributed by atoms with van der Waals surface area (Å²) in [5.74, 6) is -1.21. The Morgan fingerprint density at radius 2 is 2.12 bits per heavy atom. The van der Waals surface area contributed by atoms with E-state index in [4.69, 9.17) is 0 Å². The molecular formula is C13H14NO3-. The minimum atomic E-state index is -1.21. The summed E-state index contributed by atoms with van der Waals surface area (Å²) in [6.07, 6.45) is 3.03. The van der Waals surface area contributed by atoms with Crippen molar-refractivity contribution in [2.24, 2.45) is 0 Å². The Hall–Kier alpha value is -1.84. The maximum absolute atomic E-state index is 10.9. The highest BCUT2D eigenvalue weighted by molar-refractivity contribution is 5.70. The summed E-state index contributed by atoms with van der Waals surface area (Å²) in [6, 6.07) is 8.04. The minimum absolute atomic E-state index is 0.0275. The standard InChI is InChI=1S/C13H15NO3/c15-9-14(8-13(16)17)12-6-5-10-3-1-2-4-11(10)7-12/h1-4,9,12H,5-8H2,(H,16,17)/p-1. The monoisotopic (exact) mass is 232 g/mol. The number of nitrogens with zero attached hydrogens (tertiary/aromatic N) is 1. The van der Waals surface area contributed by atoms with Gasteiger partial charge in [0.1, 0.15) is 0 Å². The maximum atomic E-state index is 10.9. The Labute approximate surface area is 99.9 Å². The molecule has 1 aromatic rings. The smallest absolute Gasteiger partial charge is 0.210 e. The van der Waals surface area contributed by atoms with Crippen LogP contribution in [0.25, 0.3) is 0 Å². The van der Waals surface area contributed by atoms with Gasteiger partial charge in [0.05, 0.1) is 12.5 Å². The number of aryl methyl sites for hydroxylation is 1. The molecule has 4 heteroatoms. The Morgan fingerprint density at radius 3 is 2.76 bits per heavy atom. The van der Waals surface area contributed by atoms with E-state index in [1.54, 1.807) is 0 Å². The molecule has 90 valence electrons. The van der Waals surface area contributed by atoms with Crippen LogP contribution in [0.1, 0.15) is 17.5 Å². The molecule has 1 aromatic carbocycles. The number of hydrogen-bond donors (Lipinski definition) is 0. The van der Waals surface area contributed by atoms with Crippen LogP contribution in [-0.2, 0) is 22.4 Å². The van der Waals surface area contributed by atoms with Gasteiger partial charge in [-0.15, -0.1) is 0 Å². The normalized spacial score (nSPS) is 18.2. The summed E-state index contributed by atoms with van der Waals surface area (Å²) in [4.78, 5) is 22.8. The molecule has 4 nitrogen and oxygen atoms in total. The van der Waals surface area contributed by atoms with Crippen LogP contribution in [-0.4, -0.2) is 29.9 Å². The first-order chi connectivity index (χ1) is 8.20. The summed E-state index contributed by atoms with van der Waals surface area (Å²) in [5, 5.41) is 10.5. The Morgan fingerprint density at radius 1 is 1.41 bits per heavy atom. The van der Waals surface area contributed by atoms with E-state index in [1.165, 1.54) is 16.0 Å². The lowest BCUT2D eigenvalue weighted by Gasteiger charge is -2.32. The van der Waals surface area contributed by atoms with Gasteiger partial charge in [-0.25, -0.2) is 0 Å². The van der Waals surface area contributed by atoms with Gasteiger partial charge >= 0.3 is 0 Å². The van der Waals surface area contributed by atoms with Crippen LogP contribution in [0.3, 0.4) is 0 Å². The van der Waals surface area contributed by atoms with Gasteiger partial charge in [0.2, 0.25) is 6.41 Å². The van der Waals surface area contributed by atoms with Gasteiger partial charge in [-0.2, -0.15) is 0 Å². The first-order valence-corrected chi connectivity index (χ1v) is 5.68. The number of benzene rings is 1. The third-order valence-corrected chi connectivity index (χ3v) is 3.24. The van der Waals surface area contributed by atoms with Gasteiger partial charge in [-0.1, -0.05) is 24.3 Å². The number of rotatable bonds is 4. The van der Waals surface area contributed by atoms with Gasteiger partial charge in [0.25, 0.3) is 0 Å². The fourth-order valence-corrected chi connectivity index (χ4v) is 2.36. The van der Waals surface area contributed by atoms with Gasteiger partial charge in [0, 0.05) is 6.04 Å². The fraction of sp³-hybridized carbons (Fsp3) is 0.385. The second-order valence-corrected chi connectivity index (χ2v) is 4.32. The van der Waals surface area contributed by atoms with Gasteiger partial charge in [-0.3, -0.25) is 4.79 Å². The lowest BCUT2D eigenvalue weighted by Crippen LogP contribution is -2.45. The number of fused-ring (bicyclic) bond motifs is 1. The van der Waals surface area contributed by atoms with Crippen molar-refractivity contribution in [2.45, 2.75) is 25.3 Å². The van der Waals surface area contributed by atoms with Crippen LogP contribution >= 0.6 is 0 Å². The van der Waals surface area contributed by atoms with E-state index < -0.39 is 5.97 Å². The predicted molar refractivity (Wildman–Crippen MR) is 60.0 cm³/mol. The number of carboxylic acid groups (broad SMARTS) is 1. The van der Waals surface area contributed by atoms with E-state index in [2.05, 4.69) is 6.07 Å². The van der Waals surface area contributed by atoms with Crippen molar-refractivity contribution in [1.29, 1.82) is 0 Å². The molecule has 0 spiro atoms. The van der Waals surface area contributed by atoms with E-state index in [0.29, 0.717) is 6.41 Å². The highest BCUT2D eigenvalue weighted by Gasteiger charge is 2.22. The number of carboxylic acids is 1. The summed E-state index contributed by atoms with van der Waals surface area (Å²) < 4.78 is 0. The van der Waals surface area contributed by atoms with Crippen LogP contribution < -0.4 is 5.11 Å². The third-order valence-electron chi connectivity index (χ3n) is 3.24. The molecule has 0 bridgehead atoms. The van der Waals surface area contributed by atoms with E-state index in [1.807, 2.05) is 18.2 Å². The SMILES string of the molecule is O=CN(CC(=O)[O-])C1CCc2ccccc2C1. The van der Waals surface area contributed by atoms with Crippen molar-refractivity contribution in [3.05, 3.63) is 35.4 Å². The average Bonchev–Trinajstić information content (AvgIpc) is 2.35. The lowest BCUT2D eigenvalue weighted by atomic mass is 9.88. The Bertz CT molecular complexity index is 430. The van der Waals surface area contributed by atoms with Crippen molar-refractivity contribution >= 4 is 12.4 Å². The van der Waals surface area contributed by atoms with E-state index in [0.717, 1.165) is 19.3 Å². The predicted octanol–water partition coefficient (Wildman–Crippen LogP) is -0.248. The highest BCUT2D eigenvalue weighted by Crippen LogP contribution is 2.23. The molecule has 1 aliphatic carbocycles. The number of aliphatic carboxylic acids is 1. The Balaban J connectivity index is 2.10. The van der Waals surface area contributed by atoms with Gasteiger partial charge in [0.15, 0.2) is 0 Å². The van der Waals surface area contributed by atoms with Crippen molar-refractivity contribution in [1.82, 2.24) is 4.90 Å². The molecule has 0 aliphatic heterocycles. The molecule has 1 amide bonds. The molecular weight excluding hydrogens is 218 g/mol. The lowest BCUT2D eigenvalue weighted by molar-refractivity contribution is -0.306. The zero-order valence-corrected chi connectivity index (χ0v) is 9.46. The van der Waals surface area contributed by atoms with Gasteiger partial charge < -0.3 is 14.8 Å². The molecule has 1 aliphatic rings. The van der Waals surface area contributed by atoms with Crippen molar-refractivity contribution < 1.29 is 14.7 Å². The molecule has 0 radical (unpaired) electrons. The van der Waals surface area contributed by atoms with E-state index in [-0.39, 0.29) is 12.6 Å². The zero-order chi connectivity index (χ0) is 12.3. The van der Waals surface area contributed by atoms with Crippen molar-refractivity contribution in [3.8, 4) is 0 Å². The molecule has 2 rings (SSSR count). The summed E-state index contributed by atoms with van der Waals surface area (Å²) in [7, 11) is 0. The molecule has 0 saturated carbocycles. The zero-order valence-electron chi connectivity index (χ0n) is 9.46. The molecule has 0 aromatic heterocycles. The minimum Gasteiger partial charge on any atom is -0.548 e. The number of amides is 1. The second-order valence-electron chi connectivity index (χ2n) is 4.32. The van der Waals surface area contributed by atoms with Crippen molar-refractivity contribution in [2.75, 3.05) is 6.54 Å². The van der Waals surface area contributed by atoms with Gasteiger partial charge in [-0.05, 0) is 30.4 Å². The van der Waals surface area contributed by atoms with Crippen LogP contribution in [0.2, 0.25) is 0 Å². The topological polar surface area (TPSA) is 60.4 Å². The van der Waals surface area contributed by atoms with E-state index >= 15 is 0 Å². The van der Waals surface area contributed by atoms with Crippen LogP contribution in [0.4, 0.5) is 0 Å². The molecule has 0 N–H and O–H groups in total. The molecule has 1 unspecified atom stereocenters. The number of carbonyl (C=O) groups excluding carboxylic acids is 2. The largest absolute Gasteiger partial charge is 0.548 e. The molecule has 0 fully saturated rings. The van der Waals surface area contributed by atoms with E-state index in [9.17, 15) is 14.7 Å². The maximum Gasteiger partial charge on any atom is 0.210 e. The number of carbonyl (C=O) groups is 2. The summed E-state index contributed by atoms with van der Waals surface area (Å²) in [6.45, 7) is -0.323. The fourth-order valence-electron chi connectivity index (χ4n) is 2.36. The molecule has 0 saturated heterocycles. The first-order valence-electron chi connectivity index (χ1n) is 5.68. The molecule has 1 atom stereocenters. The van der Waals surface area contributed by atoms with Crippen LogP contribution in [0.15, 0.2) is 24.3 Å². The Kier molecular flexibility index (Phi) is 3.42. The number of hydrogen-bond acceptors (Lipinski definition) is 3. The molecule has 0 heterocycles. The highest BCUT2D eigenvalue weighted by atomic mass is 16.4. The third kappa shape index (κ3) is 2.64. The summed E-state index contributed by atoms with van der Waals surface area (Å²) >= 11 is 0. The second kappa shape index (κ2) is 4.99. The molecule has 17 heavy (non-hydrogen) atoms. The van der Waals surface area contributed by atoms with Crippen LogP contribution in [0, 0.1) is 0 Å². The van der Waals surface area contributed by atoms with Crippen molar-refractivity contribution in [3.63, 3.8) is 0 Å². The summed E-state index contributed by atoms with van der Waals surface area (Å²) in [5.41, 5.74) is 2.50. The average molecular weight is 232 g/mol. The van der Waals surface area contributed by atoms with Crippen LogP contribution in [0.5, 0.6) is 0 Å². The quantitative estimate of drug-likeness (QED) is 0.673.